The maximum absolute atomic E-state index is 12.6. The van der Waals surface area contributed by atoms with Crippen LogP contribution in [0.15, 0.2) is 56.2 Å². The molecular weight excluding hydrogens is 354 g/mol. The van der Waals surface area contributed by atoms with E-state index in [-0.39, 0.29) is 4.90 Å². The summed E-state index contributed by atoms with van der Waals surface area (Å²) in [4.78, 5) is 0.0479. The van der Waals surface area contributed by atoms with Gasteiger partial charge in [0.15, 0.2) is 11.5 Å². The molecule has 0 radical (unpaired) electrons. The van der Waals surface area contributed by atoms with Crippen molar-refractivity contribution in [2.75, 3.05) is 13.2 Å². The summed E-state index contributed by atoms with van der Waals surface area (Å²) < 4.78 is 45.7. The topological polar surface area (TPSA) is 78.1 Å². The highest BCUT2D eigenvalue weighted by atomic mass is 32.2. The highest BCUT2D eigenvalue weighted by Crippen LogP contribution is 2.32. The first-order chi connectivity index (χ1) is 12.5. The van der Waals surface area contributed by atoms with Crippen LogP contribution in [0, 0.1) is 6.92 Å². The maximum Gasteiger partial charge on any atom is 0.282 e. The number of ether oxygens (including phenoxy) is 2. The molecule has 3 aromatic rings. The Bertz CT molecular complexity index is 1100. The molecule has 2 aromatic carbocycles. The summed E-state index contributed by atoms with van der Waals surface area (Å²) in [6.07, 6.45) is 1.99. The first-order valence-electron chi connectivity index (χ1n) is 8.23. The van der Waals surface area contributed by atoms with Crippen LogP contribution in [0.4, 0.5) is 0 Å². The molecule has 0 saturated carbocycles. The Kier molecular flexibility index (Phi) is 4.16. The first kappa shape index (κ1) is 16.7. The average molecular weight is 371 g/mol. The van der Waals surface area contributed by atoms with E-state index in [2.05, 4.69) is 4.40 Å². The summed E-state index contributed by atoms with van der Waals surface area (Å²) in [5, 5.41) is 0.932. The number of aryl methyl sites for hydroxylation is 1. The Hall–Kier alpha value is -2.80. The summed E-state index contributed by atoms with van der Waals surface area (Å²) in [5.41, 5.74) is 1.54. The van der Waals surface area contributed by atoms with E-state index in [4.69, 9.17) is 13.9 Å². The van der Waals surface area contributed by atoms with Crippen LogP contribution in [0.3, 0.4) is 0 Å². The molecule has 0 N–H and O–H groups in total. The van der Waals surface area contributed by atoms with Crippen molar-refractivity contribution in [2.24, 2.45) is 4.40 Å². The van der Waals surface area contributed by atoms with Crippen molar-refractivity contribution in [3.63, 3.8) is 0 Å². The summed E-state index contributed by atoms with van der Waals surface area (Å²) in [5.74, 6) is 1.38. The number of benzene rings is 2. The van der Waals surface area contributed by atoms with Crippen molar-refractivity contribution >= 4 is 27.2 Å². The second-order valence-electron chi connectivity index (χ2n) is 5.96. The van der Waals surface area contributed by atoms with Gasteiger partial charge in [0.05, 0.1) is 24.3 Å². The van der Waals surface area contributed by atoms with Crippen molar-refractivity contribution in [1.82, 2.24) is 0 Å². The van der Waals surface area contributed by atoms with Crippen LogP contribution in [0.2, 0.25) is 0 Å². The zero-order valence-electron chi connectivity index (χ0n) is 14.1. The minimum Gasteiger partial charge on any atom is -0.490 e. The summed E-state index contributed by atoms with van der Waals surface area (Å²) >= 11 is 0. The molecule has 4 rings (SSSR count). The van der Waals surface area contributed by atoms with Gasteiger partial charge in [-0.05, 0) is 25.1 Å². The van der Waals surface area contributed by atoms with Gasteiger partial charge in [0.1, 0.15) is 11.3 Å². The lowest BCUT2D eigenvalue weighted by Gasteiger charge is -2.08. The summed E-state index contributed by atoms with van der Waals surface area (Å²) in [7, 11) is -3.88. The molecule has 6 nitrogen and oxygen atoms in total. The molecule has 0 atom stereocenters. The van der Waals surface area contributed by atoms with E-state index in [0.29, 0.717) is 36.1 Å². The Morgan fingerprint density at radius 3 is 2.62 bits per heavy atom. The predicted molar refractivity (Wildman–Crippen MR) is 97.8 cm³/mol. The number of hydrogen-bond donors (Lipinski definition) is 0. The zero-order chi connectivity index (χ0) is 18.1. The Labute approximate surface area is 151 Å². The minimum atomic E-state index is -3.88. The molecule has 0 bridgehead atoms. The van der Waals surface area contributed by atoms with Gasteiger partial charge in [0.2, 0.25) is 0 Å². The number of hydrogen-bond acceptors (Lipinski definition) is 5. The number of rotatable bonds is 3. The third kappa shape index (κ3) is 3.06. The van der Waals surface area contributed by atoms with Crippen molar-refractivity contribution in [3.05, 3.63) is 53.8 Å². The number of sulfonamides is 1. The van der Waals surface area contributed by atoms with Crippen LogP contribution in [0.1, 0.15) is 17.7 Å². The molecule has 0 aliphatic carbocycles. The predicted octanol–water partition coefficient (Wildman–Crippen LogP) is 3.71. The zero-order valence-corrected chi connectivity index (χ0v) is 15.0. The fraction of sp³-hybridized carbons (Fsp3) is 0.211. The van der Waals surface area contributed by atoms with E-state index in [1.165, 1.54) is 18.3 Å². The second kappa shape index (κ2) is 6.49. The molecule has 7 heteroatoms. The number of para-hydroxylation sites is 1. The number of furan rings is 1. The minimum absolute atomic E-state index is 0.0479. The fourth-order valence-electron chi connectivity index (χ4n) is 2.80. The largest absolute Gasteiger partial charge is 0.490 e. The van der Waals surface area contributed by atoms with Crippen molar-refractivity contribution in [2.45, 2.75) is 18.2 Å². The molecule has 0 spiro atoms. The molecule has 0 unspecified atom stereocenters. The first-order valence-corrected chi connectivity index (χ1v) is 9.67. The molecule has 0 saturated heterocycles. The van der Waals surface area contributed by atoms with Gasteiger partial charge < -0.3 is 13.9 Å². The van der Waals surface area contributed by atoms with Gasteiger partial charge in [-0.15, -0.1) is 0 Å². The van der Waals surface area contributed by atoms with E-state index < -0.39 is 10.0 Å². The van der Waals surface area contributed by atoms with E-state index in [1.54, 1.807) is 6.07 Å². The highest BCUT2D eigenvalue weighted by Gasteiger charge is 2.18. The quantitative estimate of drug-likeness (QED) is 0.656. The SMILES string of the molecule is Cc1c(/C=N/S(=O)(=O)c2ccc3c(c2)OCCCO3)oc2ccccc12. The Balaban J connectivity index is 1.67. The molecule has 0 amide bonds. The molecule has 134 valence electrons. The Morgan fingerprint density at radius 1 is 1.04 bits per heavy atom. The summed E-state index contributed by atoms with van der Waals surface area (Å²) in [6.45, 7) is 2.90. The van der Waals surface area contributed by atoms with Crippen molar-refractivity contribution < 1.29 is 22.3 Å². The van der Waals surface area contributed by atoms with Crippen LogP contribution in [0.5, 0.6) is 11.5 Å². The van der Waals surface area contributed by atoms with Gasteiger partial charge in [-0.25, -0.2) is 0 Å². The smallest absolute Gasteiger partial charge is 0.282 e. The highest BCUT2D eigenvalue weighted by molar-refractivity contribution is 7.90. The third-order valence-electron chi connectivity index (χ3n) is 4.21. The van der Waals surface area contributed by atoms with Crippen molar-refractivity contribution in [3.8, 4) is 11.5 Å². The van der Waals surface area contributed by atoms with E-state index in [1.807, 2.05) is 31.2 Å². The molecule has 1 aromatic heterocycles. The van der Waals surface area contributed by atoms with Gasteiger partial charge in [0.25, 0.3) is 10.0 Å². The van der Waals surface area contributed by atoms with Crippen LogP contribution >= 0.6 is 0 Å². The lowest BCUT2D eigenvalue weighted by Crippen LogP contribution is -2.00. The molecule has 0 fully saturated rings. The van der Waals surface area contributed by atoms with Gasteiger partial charge >= 0.3 is 0 Å². The summed E-state index contributed by atoms with van der Waals surface area (Å²) in [6, 6.07) is 12.0. The molecule has 1 aliphatic rings. The van der Waals surface area contributed by atoms with Crippen LogP contribution in [-0.2, 0) is 10.0 Å². The molecule has 2 heterocycles. The number of fused-ring (bicyclic) bond motifs is 2. The van der Waals surface area contributed by atoms with Crippen LogP contribution in [0.25, 0.3) is 11.0 Å². The normalized spacial score (nSPS) is 14.7. The van der Waals surface area contributed by atoms with Gasteiger partial charge in [-0.3, -0.25) is 0 Å². The second-order valence-corrected chi connectivity index (χ2v) is 7.59. The molecule has 1 aliphatic heterocycles. The fourth-order valence-corrected chi connectivity index (χ4v) is 3.65. The number of nitrogens with zero attached hydrogens (tertiary/aromatic N) is 1. The monoisotopic (exact) mass is 371 g/mol. The standard InChI is InChI=1S/C19H17NO5S/c1-13-15-5-2-3-6-16(15)25-19(13)12-20-26(21,22)14-7-8-17-18(11-14)24-10-4-9-23-17/h2-3,5-8,11-12H,4,9-10H2,1H3/b20-12+. The Morgan fingerprint density at radius 2 is 1.81 bits per heavy atom. The van der Waals surface area contributed by atoms with Gasteiger partial charge in [-0.1, -0.05) is 18.2 Å². The van der Waals surface area contributed by atoms with E-state index in [0.717, 1.165) is 17.4 Å². The average Bonchev–Trinajstić information content (AvgIpc) is 2.82. The molecular formula is C19H17NO5S. The van der Waals surface area contributed by atoms with Crippen LogP contribution in [-0.4, -0.2) is 27.8 Å². The van der Waals surface area contributed by atoms with Crippen molar-refractivity contribution in [1.29, 1.82) is 0 Å². The lowest BCUT2D eigenvalue weighted by molar-refractivity contribution is 0.297. The van der Waals surface area contributed by atoms with Gasteiger partial charge in [-0.2, -0.15) is 12.8 Å². The maximum atomic E-state index is 12.6. The van der Waals surface area contributed by atoms with E-state index >= 15 is 0 Å². The third-order valence-corrected chi connectivity index (χ3v) is 5.44. The molecule has 26 heavy (non-hydrogen) atoms. The van der Waals surface area contributed by atoms with E-state index in [9.17, 15) is 8.42 Å². The van der Waals surface area contributed by atoms with Crippen LogP contribution < -0.4 is 9.47 Å². The van der Waals surface area contributed by atoms with Gasteiger partial charge in [0, 0.05) is 23.4 Å². The lowest BCUT2D eigenvalue weighted by atomic mass is 10.1.